The summed E-state index contributed by atoms with van der Waals surface area (Å²) in [5.74, 6) is 0.217. The summed E-state index contributed by atoms with van der Waals surface area (Å²) in [6.45, 7) is 6.74. The van der Waals surface area contributed by atoms with Gasteiger partial charge in [-0.3, -0.25) is 4.79 Å². The molecule has 1 aliphatic rings. The van der Waals surface area contributed by atoms with Gasteiger partial charge in [-0.1, -0.05) is 0 Å². The number of aromatic nitrogens is 1. The van der Waals surface area contributed by atoms with Crippen molar-refractivity contribution in [3.63, 3.8) is 0 Å². The second-order valence-electron chi connectivity index (χ2n) is 5.02. The first-order valence-corrected chi connectivity index (χ1v) is 5.71. The number of hydrogen-bond donors (Lipinski definition) is 2. The highest BCUT2D eigenvalue weighted by Crippen LogP contribution is 2.11. The van der Waals surface area contributed by atoms with Gasteiger partial charge in [-0.05, 0) is 25.5 Å². The summed E-state index contributed by atoms with van der Waals surface area (Å²) in [7, 11) is 0. The summed E-state index contributed by atoms with van der Waals surface area (Å²) < 4.78 is 0. The van der Waals surface area contributed by atoms with Crippen LogP contribution in [0.25, 0.3) is 0 Å². The minimum Gasteiger partial charge on any atom is -0.367 e. The van der Waals surface area contributed by atoms with E-state index in [1.54, 1.807) is 0 Å². The van der Waals surface area contributed by atoms with Crippen molar-refractivity contribution in [1.29, 1.82) is 0 Å². The van der Waals surface area contributed by atoms with Crippen molar-refractivity contribution in [2.45, 2.75) is 25.8 Å². The third kappa shape index (κ3) is 2.64. The molecular formula is C12H19N3O. The molecule has 0 atom stereocenters. The lowest BCUT2D eigenvalue weighted by atomic mass is 10.0. The highest BCUT2D eigenvalue weighted by molar-refractivity contribution is 5.78. The highest BCUT2D eigenvalue weighted by Gasteiger charge is 2.28. The number of rotatable bonds is 2. The Kier molecular flexibility index (Phi) is 3.01. The number of carbonyl (C=O) groups excluding carboxylic acids is 1. The molecule has 0 aliphatic carbocycles. The SMILES string of the molecule is CC1(C)CN(C(=O)Cc2cc[nH]c2)CCN1. The van der Waals surface area contributed by atoms with E-state index in [9.17, 15) is 4.79 Å². The minimum atomic E-state index is 0.0338. The van der Waals surface area contributed by atoms with Crippen LogP contribution in [-0.2, 0) is 11.2 Å². The third-order valence-corrected chi connectivity index (χ3v) is 2.94. The summed E-state index contributed by atoms with van der Waals surface area (Å²) in [5.41, 5.74) is 1.09. The molecule has 2 heterocycles. The van der Waals surface area contributed by atoms with Gasteiger partial charge < -0.3 is 15.2 Å². The number of nitrogens with one attached hydrogen (secondary N) is 2. The maximum absolute atomic E-state index is 12.0. The van der Waals surface area contributed by atoms with E-state index < -0.39 is 0 Å². The van der Waals surface area contributed by atoms with E-state index in [4.69, 9.17) is 0 Å². The first kappa shape index (κ1) is 11.2. The van der Waals surface area contributed by atoms with Crippen LogP contribution in [0.2, 0.25) is 0 Å². The zero-order valence-corrected chi connectivity index (χ0v) is 9.92. The molecule has 4 heteroatoms. The van der Waals surface area contributed by atoms with Crippen LogP contribution in [0.3, 0.4) is 0 Å². The number of amides is 1. The summed E-state index contributed by atoms with van der Waals surface area (Å²) >= 11 is 0. The molecule has 2 rings (SSSR count). The molecule has 1 amide bonds. The molecule has 2 N–H and O–H groups in total. The fourth-order valence-electron chi connectivity index (χ4n) is 2.11. The molecule has 1 aromatic rings. The third-order valence-electron chi connectivity index (χ3n) is 2.94. The van der Waals surface area contributed by atoms with Crippen LogP contribution in [-0.4, -0.2) is 41.0 Å². The van der Waals surface area contributed by atoms with Gasteiger partial charge in [0.25, 0.3) is 0 Å². The largest absolute Gasteiger partial charge is 0.367 e. The molecule has 0 saturated carbocycles. The summed E-state index contributed by atoms with van der Waals surface area (Å²) in [6.07, 6.45) is 4.23. The van der Waals surface area contributed by atoms with E-state index in [0.717, 1.165) is 25.2 Å². The first-order chi connectivity index (χ1) is 7.57. The van der Waals surface area contributed by atoms with Crippen LogP contribution in [0.5, 0.6) is 0 Å². The quantitative estimate of drug-likeness (QED) is 0.775. The van der Waals surface area contributed by atoms with Crippen LogP contribution in [0.4, 0.5) is 0 Å². The van der Waals surface area contributed by atoms with Gasteiger partial charge in [0.05, 0.1) is 6.42 Å². The van der Waals surface area contributed by atoms with Crippen molar-refractivity contribution < 1.29 is 4.79 Å². The number of carbonyl (C=O) groups is 1. The Bertz CT molecular complexity index is 356. The molecule has 0 spiro atoms. The molecule has 88 valence electrons. The molecule has 0 aromatic carbocycles. The van der Waals surface area contributed by atoms with E-state index in [2.05, 4.69) is 24.1 Å². The van der Waals surface area contributed by atoms with E-state index >= 15 is 0 Å². The molecule has 4 nitrogen and oxygen atoms in total. The van der Waals surface area contributed by atoms with Crippen molar-refractivity contribution in [3.05, 3.63) is 24.0 Å². The number of aromatic amines is 1. The minimum absolute atomic E-state index is 0.0338. The van der Waals surface area contributed by atoms with E-state index in [1.165, 1.54) is 0 Å². The Morgan fingerprint density at radius 2 is 2.38 bits per heavy atom. The van der Waals surface area contributed by atoms with Gasteiger partial charge in [-0.25, -0.2) is 0 Å². The first-order valence-electron chi connectivity index (χ1n) is 5.71. The average molecular weight is 221 g/mol. The normalized spacial score (nSPS) is 19.8. The lowest BCUT2D eigenvalue weighted by Gasteiger charge is -2.39. The van der Waals surface area contributed by atoms with E-state index in [0.29, 0.717) is 6.42 Å². The van der Waals surface area contributed by atoms with E-state index in [-0.39, 0.29) is 11.4 Å². The maximum Gasteiger partial charge on any atom is 0.227 e. The van der Waals surface area contributed by atoms with Gasteiger partial charge in [0.15, 0.2) is 0 Å². The molecule has 16 heavy (non-hydrogen) atoms. The maximum atomic E-state index is 12.0. The molecule has 0 unspecified atom stereocenters. The molecule has 1 fully saturated rings. The van der Waals surface area contributed by atoms with Crippen molar-refractivity contribution in [1.82, 2.24) is 15.2 Å². The van der Waals surface area contributed by atoms with Gasteiger partial charge in [0.1, 0.15) is 0 Å². The van der Waals surface area contributed by atoms with Crippen LogP contribution in [0.15, 0.2) is 18.5 Å². The van der Waals surface area contributed by atoms with Crippen molar-refractivity contribution in [2.24, 2.45) is 0 Å². The van der Waals surface area contributed by atoms with Crippen LogP contribution < -0.4 is 5.32 Å². The number of nitrogens with zero attached hydrogens (tertiary/aromatic N) is 1. The van der Waals surface area contributed by atoms with Crippen LogP contribution >= 0.6 is 0 Å². The molecule has 1 aliphatic heterocycles. The van der Waals surface area contributed by atoms with Crippen molar-refractivity contribution in [3.8, 4) is 0 Å². The van der Waals surface area contributed by atoms with E-state index in [1.807, 2.05) is 23.4 Å². The van der Waals surface area contributed by atoms with Crippen LogP contribution in [0.1, 0.15) is 19.4 Å². The number of H-pyrrole nitrogens is 1. The molecule has 1 aromatic heterocycles. The Labute approximate surface area is 96.0 Å². The van der Waals surface area contributed by atoms with Crippen molar-refractivity contribution in [2.75, 3.05) is 19.6 Å². The molecule has 1 saturated heterocycles. The van der Waals surface area contributed by atoms with Crippen molar-refractivity contribution >= 4 is 5.91 Å². The summed E-state index contributed by atoms with van der Waals surface area (Å²) in [4.78, 5) is 17.0. The lowest BCUT2D eigenvalue weighted by molar-refractivity contribution is -0.132. The predicted octanol–water partition coefficient (Wildman–Crippen LogP) is 0.768. The Hall–Kier alpha value is -1.29. The predicted molar refractivity (Wildman–Crippen MR) is 63.2 cm³/mol. The standard InChI is InChI=1S/C12H19N3O/c1-12(2)9-15(6-5-14-12)11(16)7-10-3-4-13-8-10/h3-4,8,13-14H,5-7,9H2,1-2H3. The Morgan fingerprint density at radius 3 is 3.00 bits per heavy atom. The van der Waals surface area contributed by atoms with Gasteiger partial charge in [-0.15, -0.1) is 0 Å². The molecule has 0 bridgehead atoms. The zero-order chi connectivity index (χ0) is 11.6. The summed E-state index contributed by atoms with van der Waals surface area (Å²) in [5, 5.41) is 3.40. The monoisotopic (exact) mass is 221 g/mol. The van der Waals surface area contributed by atoms with Gasteiger partial charge in [-0.2, -0.15) is 0 Å². The fourth-order valence-corrected chi connectivity index (χ4v) is 2.11. The Morgan fingerprint density at radius 1 is 1.56 bits per heavy atom. The highest BCUT2D eigenvalue weighted by atomic mass is 16.2. The number of hydrogen-bond acceptors (Lipinski definition) is 2. The van der Waals surface area contributed by atoms with Gasteiger partial charge >= 0.3 is 0 Å². The Balaban J connectivity index is 1.94. The summed E-state index contributed by atoms with van der Waals surface area (Å²) in [6, 6.07) is 1.95. The van der Waals surface area contributed by atoms with Crippen LogP contribution in [0, 0.1) is 0 Å². The van der Waals surface area contributed by atoms with Gasteiger partial charge in [0.2, 0.25) is 5.91 Å². The zero-order valence-electron chi connectivity index (χ0n) is 9.92. The molecular weight excluding hydrogens is 202 g/mol. The van der Waals surface area contributed by atoms with Gasteiger partial charge in [0, 0.05) is 37.6 Å². The second-order valence-corrected chi connectivity index (χ2v) is 5.02. The topological polar surface area (TPSA) is 48.1 Å². The fraction of sp³-hybridized carbons (Fsp3) is 0.583. The molecule has 0 radical (unpaired) electrons. The smallest absolute Gasteiger partial charge is 0.227 e. The second kappa shape index (κ2) is 4.29. The average Bonchev–Trinajstić information content (AvgIpc) is 2.69. The number of piperazine rings is 1. The lowest BCUT2D eigenvalue weighted by Crippen LogP contribution is -2.58.